The lowest BCUT2D eigenvalue weighted by molar-refractivity contribution is -0.117. The summed E-state index contributed by atoms with van der Waals surface area (Å²) in [6, 6.07) is 15.5. The number of ether oxygens (including phenoxy) is 1. The van der Waals surface area contributed by atoms with Crippen LogP contribution in [0.15, 0.2) is 48.5 Å². The summed E-state index contributed by atoms with van der Waals surface area (Å²) in [5.74, 6) is 0.799. The molecule has 1 amide bonds. The molecule has 0 bridgehead atoms. The molecule has 1 saturated heterocycles. The highest BCUT2D eigenvalue weighted by Gasteiger charge is 2.30. The Bertz CT molecular complexity index is 685. The zero-order valence-corrected chi connectivity index (χ0v) is 13.3. The van der Waals surface area contributed by atoms with Crippen molar-refractivity contribution in [2.75, 3.05) is 12.4 Å². The number of benzene rings is 2. The Hall–Kier alpha value is -2.37. The molecule has 23 heavy (non-hydrogen) atoms. The van der Waals surface area contributed by atoms with Crippen LogP contribution < -0.4 is 20.9 Å². The molecule has 2 aromatic rings. The van der Waals surface area contributed by atoms with Crippen molar-refractivity contribution in [1.82, 2.24) is 10.9 Å². The number of carbonyl (C=O) groups is 1. The van der Waals surface area contributed by atoms with Crippen molar-refractivity contribution < 1.29 is 9.53 Å². The first-order valence-corrected chi connectivity index (χ1v) is 7.68. The highest BCUT2D eigenvalue weighted by atomic mass is 16.5. The van der Waals surface area contributed by atoms with Gasteiger partial charge in [-0.25, -0.2) is 10.9 Å². The molecule has 5 nitrogen and oxygen atoms in total. The van der Waals surface area contributed by atoms with E-state index in [1.165, 1.54) is 0 Å². The molecule has 1 fully saturated rings. The number of rotatable bonds is 4. The summed E-state index contributed by atoms with van der Waals surface area (Å²) in [5, 5.41) is 2.95. The molecule has 1 heterocycles. The van der Waals surface area contributed by atoms with Crippen LogP contribution in [0.1, 0.15) is 23.6 Å². The van der Waals surface area contributed by atoms with E-state index in [9.17, 15) is 4.79 Å². The minimum atomic E-state index is -0.261. The van der Waals surface area contributed by atoms with E-state index in [-0.39, 0.29) is 18.0 Å². The molecule has 5 heteroatoms. The minimum Gasteiger partial charge on any atom is -0.497 e. The van der Waals surface area contributed by atoms with Gasteiger partial charge in [0.05, 0.1) is 7.11 Å². The fourth-order valence-electron chi connectivity index (χ4n) is 2.74. The van der Waals surface area contributed by atoms with E-state index >= 15 is 0 Å². The zero-order valence-electron chi connectivity index (χ0n) is 13.3. The highest BCUT2D eigenvalue weighted by Crippen LogP contribution is 2.24. The van der Waals surface area contributed by atoms with E-state index in [2.05, 4.69) is 16.2 Å². The fourth-order valence-corrected chi connectivity index (χ4v) is 2.74. The van der Waals surface area contributed by atoms with Gasteiger partial charge in [-0.2, -0.15) is 0 Å². The van der Waals surface area contributed by atoms with Crippen molar-refractivity contribution in [1.29, 1.82) is 0 Å². The van der Waals surface area contributed by atoms with Crippen LogP contribution in [0.4, 0.5) is 5.69 Å². The maximum absolute atomic E-state index is 12.4. The van der Waals surface area contributed by atoms with Crippen LogP contribution in [0.2, 0.25) is 0 Å². The molecule has 0 aromatic heterocycles. The van der Waals surface area contributed by atoms with Crippen LogP contribution in [-0.4, -0.2) is 19.1 Å². The number of hydrazine groups is 1. The van der Waals surface area contributed by atoms with Crippen LogP contribution in [0, 0.1) is 6.92 Å². The summed E-state index contributed by atoms with van der Waals surface area (Å²) in [7, 11) is 1.65. The normalized spacial score (nSPS) is 20.3. The predicted octanol–water partition coefficient (Wildman–Crippen LogP) is 2.55. The average Bonchev–Trinajstić information content (AvgIpc) is 3.05. The van der Waals surface area contributed by atoms with Crippen LogP contribution in [0.25, 0.3) is 0 Å². The van der Waals surface area contributed by atoms with Gasteiger partial charge in [0.2, 0.25) is 5.91 Å². The lowest BCUT2D eigenvalue weighted by atomic mass is 10.0. The molecule has 2 unspecified atom stereocenters. The number of methoxy groups -OCH3 is 1. The molecule has 1 aliphatic heterocycles. The molecule has 120 valence electrons. The van der Waals surface area contributed by atoms with Gasteiger partial charge >= 0.3 is 0 Å². The van der Waals surface area contributed by atoms with Crippen molar-refractivity contribution in [3.05, 3.63) is 59.7 Å². The molecule has 0 saturated carbocycles. The van der Waals surface area contributed by atoms with Crippen LogP contribution >= 0.6 is 0 Å². The van der Waals surface area contributed by atoms with Crippen molar-refractivity contribution in [3.63, 3.8) is 0 Å². The third-order valence-corrected chi connectivity index (χ3v) is 4.02. The van der Waals surface area contributed by atoms with Gasteiger partial charge in [0.1, 0.15) is 11.8 Å². The van der Waals surface area contributed by atoms with E-state index in [1.807, 2.05) is 55.5 Å². The Morgan fingerprint density at radius 3 is 2.65 bits per heavy atom. The van der Waals surface area contributed by atoms with Gasteiger partial charge in [0.25, 0.3) is 0 Å². The predicted molar refractivity (Wildman–Crippen MR) is 90.2 cm³/mol. The van der Waals surface area contributed by atoms with Crippen molar-refractivity contribution in [2.45, 2.75) is 25.4 Å². The van der Waals surface area contributed by atoms with Gasteiger partial charge in [-0.15, -0.1) is 0 Å². The van der Waals surface area contributed by atoms with E-state index in [1.54, 1.807) is 7.11 Å². The first kappa shape index (κ1) is 15.5. The molecule has 3 N–H and O–H groups in total. The second-order valence-electron chi connectivity index (χ2n) is 5.76. The molecule has 1 aliphatic rings. The Kier molecular flexibility index (Phi) is 4.60. The third-order valence-electron chi connectivity index (χ3n) is 4.02. The number of aryl methyl sites for hydroxylation is 1. The number of hydrogen-bond acceptors (Lipinski definition) is 4. The van der Waals surface area contributed by atoms with Crippen LogP contribution in [0.5, 0.6) is 5.75 Å². The molecule has 0 aliphatic carbocycles. The monoisotopic (exact) mass is 311 g/mol. The molecule has 0 radical (unpaired) electrons. The quantitative estimate of drug-likeness (QED) is 0.812. The Labute approximate surface area is 136 Å². The lowest BCUT2D eigenvalue weighted by Gasteiger charge is -2.11. The third kappa shape index (κ3) is 3.70. The van der Waals surface area contributed by atoms with E-state index in [0.717, 1.165) is 22.6 Å². The second kappa shape index (κ2) is 6.81. The fraction of sp³-hybridized carbons (Fsp3) is 0.278. The SMILES string of the molecule is COc1ccc(C2CC(C(=O)Nc3cccc(C)c3)NN2)cc1. The van der Waals surface area contributed by atoms with Gasteiger partial charge in [-0.3, -0.25) is 4.79 Å². The lowest BCUT2D eigenvalue weighted by Crippen LogP contribution is -2.39. The first-order chi connectivity index (χ1) is 11.2. The van der Waals surface area contributed by atoms with Crippen molar-refractivity contribution in [2.24, 2.45) is 0 Å². The summed E-state index contributed by atoms with van der Waals surface area (Å²) in [6.45, 7) is 2.00. The number of hydrogen-bond donors (Lipinski definition) is 3. The van der Waals surface area contributed by atoms with Crippen molar-refractivity contribution in [3.8, 4) is 5.75 Å². The first-order valence-electron chi connectivity index (χ1n) is 7.68. The number of nitrogens with one attached hydrogen (secondary N) is 3. The van der Waals surface area contributed by atoms with Gasteiger partial charge < -0.3 is 10.1 Å². The highest BCUT2D eigenvalue weighted by molar-refractivity contribution is 5.95. The average molecular weight is 311 g/mol. The Morgan fingerprint density at radius 2 is 1.96 bits per heavy atom. The standard InChI is InChI=1S/C18H21N3O2/c1-12-4-3-5-14(10-12)19-18(22)17-11-16(20-21-17)13-6-8-15(23-2)9-7-13/h3-10,16-17,20-21H,11H2,1-2H3,(H,19,22). The second-order valence-corrected chi connectivity index (χ2v) is 5.76. The Balaban J connectivity index is 1.61. The smallest absolute Gasteiger partial charge is 0.242 e. The molecule has 2 atom stereocenters. The topological polar surface area (TPSA) is 62.4 Å². The largest absolute Gasteiger partial charge is 0.497 e. The van der Waals surface area contributed by atoms with Crippen LogP contribution in [0.3, 0.4) is 0 Å². The summed E-state index contributed by atoms with van der Waals surface area (Å²) in [5.41, 5.74) is 9.34. The Morgan fingerprint density at radius 1 is 1.17 bits per heavy atom. The van der Waals surface area contributed by atoms with E-state index in [4.69, 9.17) is 4.74 Å². The summed E-state index contributed by atoms with van der Waals surface area (Å²) in [6.07, 6.45) is 0.698. The molecule has 0 spiro atoms. The van der Waals surface area contributed by atoms with E-state index < -0.39 is 0 Å². The van der Waals surface area contributed by atoms with E-state index in [0.29, 0.717) is 6.42 Å². The van der Waals surface area contributed by atoms with Gasteiger partial charge in [0.15, 0.2) is 0 Å². The number of carbonyl (C=O) groups excluding carboxylic acids is 1. The summed E-state index contributed by atoms with van der Waals surface area (Å²) in [4.78, 5) is 12.4. The van der Waals surface area contributed by atoms with Crippen LogP contribution in [-0.2, 0) is 4.79 Å². The maximum Gasteiger partial charge on any atom is 0.242 e. The zero-order chi connectivity index (χ0) is 16.2. The molecular formula is C18H21N3O2. The van der Waals surface area contributed by atoms with Gasteiger partial charge in [-0.05, 0) is 48.7 Å². The number of anilines is 1. The number of amides is 1. The van der Waals surface area contributed by atoms with Gasteiger partial charge in [-0.1, -0.05) is 24.3 Å². The molecule has 3 rings (SSSR count). The molecular weight excluding hydrogens is 290 g/mol. The van der Waals surface area contributed by atoms with Crippen molar-refractivity contribution >= 4 is 11.6 Å². The maximum atomic E-state index is 12.4. The molecule has 2 aromatic carbocycles. The summed E-state index contributed by atoms with van der Waals surface area (Å²) < 4.78 is 5.17. The summed E-state index contributed by atoms with van der Waals surface area (Å²) >= 11 is 0. The minimum absolute atomic E-state index is 0.0286. The van der Waals surface area contributed by atoms with Gasteiger partial charge in [0, 0.05) is 11.7 Å².